The standard InChI is InChI=1S/C23H24F3N3O2/c1-13(2)9-15-7-8-29(12-15)22(30)18-11-19(27-21-20(18)14(3)28-31-21)16-5-4-6-17(10-16)23(24,25)26/h4-6,10-11,13,15H,7-9,12H2,1-3H3. The summed E-state index contributed by atoms with van der Waals surface area (Å²) in [7, 11) is 0. The fourth-order valence-electron chi connectivity index (χ4n) is 4.31. The van der Waals surface area contributed by atoms with Gasteiger partial charge in [-0.3, -0.25) is 4.79 Å². The first-order valence-corrected chi connectivity index (χ1v) is 10.4. The maximum absolute atomic E-state index is 13.4. The van der Waals surface area contributed by atoms with E-state index in [1.165, 1.54) is 12.1 Å². The van der Waals surface area contributed by atoms with Crippen molar-refractivity contribution in [2.24, 2.45) is 11.8 Å². The number of halogens is 3. The maximum atomic E-state index is 13.4. The van der Waals surface area contributed by atoms with Crippen LogP contribution in [0.5, 0.6) is 0 Å². The molecule has 0 aliphatic carbocycles. The lowest BCUT2D eigenvalue weighted by Gasteiger charge is -2.18. The van der Waals surface area contributed by atoms with Gasteiger partial charge in [-0.2, -0.15) is 13.2 Å². The molecule has 0 bridgehead atoms. The summed E-state index contributed by atoms with van der Waals surface area (Å²) in [4.78, 5) is 19.6. The zero-order valence-electron chi connectivity index (χ0n) is 17.7. The number of carbonyl (C=O) groups excluding carboxylic acids is 1. The molecule has 2 aromatic heterocycles. The summed E-state index contributed by atoms with van der Waals surface area (Å²) in [5, 5.41) is 4.43. The molecule has 8 heteroatoms. The number of aromatic nitrogens is 2. The molecule has 1 fully saturated rings. The molecule has 1 aliphatic rings. The van der Waals surface area contributed by atoms with E-state index in [4.69, 9.17) is 4.52 Å². The summed E-state index contributed by atoms with van der Waals surface area (Å²) < 4.78 is 44.8. The summed E-state index contributed by atoms with van der Waals surface area (Å²) in [6, 6.07) is 6.45. The number of hydrogen-bond donors (Lipinski definition) is 0. The van der Waals surface area contributed by atoms with Crippen molar-refractivity contribution in [3.05, 3.63) is 47.2 Å². The van der Waals surface area contributed by atoms with Crippen LogP contribution in [0.2, 0.25) is 0 Å². The number of benzene rings is 1. The first kappa shape index (κ1) is 21.3. The van der Waals surface area contributed by atoms with Gasteiger partial charge >= 0.3 is 6.18 Å². The van der Waals surface area contributed by atoms with Gasteiger partial charge in [0.05, 0.1) is 27.9 Å². The van der Waals surface area contributed by atoms with Crippen LogP contribution < -0.4 is 0 Å². The highest BCUT2D eigenvalue weighted by atomic mass is 19.4. The van der Waals surface area contributed by atoms with Gasteiger partial charge in [-0.25, -0.2) is 4.98 Å². The van der Waals surface area contributed by atoms with Crippen LogP contribution in [-0.4, -0.2) is 34.0 Å². The van der Waals surface area contributed by atoms with Gasteiger partial charge in [-0.15, -0.1) is 0 Å². The SMILES string of the molecule is Cc1noc2nc(-c3cccc(C(F)(F)F)c3)cc(C(=O)N3CCC(CC(C)C)C3)c12. The van der Waals surface area contributed by atoms with Crippen LogP contribution in [0.3, 0.4) is 0 Å². The molecule has 3 aromatic rings. The maximum Gasteiger partial charge on any atom is 0.416 e. The molecule has 1 amide bonds. The van der Waals surface area contributed by atoms with E-state index >= 15 is 0 Å². The second-order valence-corrected chi connectivity index (χ2v) is 8.62. The Bertz CT molecular complexity index is 1120. The molecule has 1 atom stereocenters. The van der Waals surface area contributed by atoms with Crippen LogP contribution in [0.25, 0.3) is 22.4 Å². The number of nitrogens with zero attached hydrogens (tertiary/aromatic N) is 3. The predicted molar refractivity (Wildman–Crippen MR) is 110 cm³/mol. The van der Waals surface area contributed by atoms with Crippen molar-refractivity contribution in [1.82, 2.24) is 15.0 Å². The van der Waals surface area contributed by atoms with Gasteiger partial charge < -0.3 is 9.42 Å². The Labute approximate surface area is 178 Å². The van der Waals surface area contributed by atoms with Gasteiger partial charge in [0.15, 0.2) is 0 Å². The van der Waals surface area contributed by atoms with E-state index in [2.05, 4.69) is 24.0 Å². The zero-order valence-corrected chi connectivity index (χ0v) is 17.7. The van der Waals surface area contributed by atoms with Crippen LogP contribution >= 0.6 is 0 Å². The summed E-state index contributed by atoms with van der Waals surface area (Å²) in [5.74, 6) is 0.839. The van der Waals surface area contributed by atoms with Crippen molar-refractivity contribution >= 4 is 17.0 Å². The van der Waals surface area contributed by atoms with E-state index < -0.39 is 11.7 Å². The minimum Gasteiger partial charge on any atom is -0.338 e. The van der Waals surface area contributed by atoms with Gasteiger partial charge in [-0.05, 0) is 49.8 Å². The molecule has 0 saturated carbocycles. The number of alkyl halides is 3. The van der Waals surface area contributed by atoms with Crippen molar-refractivity contribution < 1.29 is 22.5 Å². The van der Waals surface area contributed by atoms with Gasteiger partial charge in [0, 0.05) is 18.7 Å². The Kier molecular flexibility index (Phi) is 5.49. The summed E-state index contributed by atoms with van der Waals surface area (Å²) in [5.41, 5.74) is 0.772. The third kappa shape index (κ3) is 4.29. The summed E-state index contributed by atoms with van der Waals surface area (Å²) in [6.45, 7) is 7.38. The van der Waals surface area contributed by atoms with Crippen LogP contribution in [0.15, 0.2) is 34.9 Å². The number of amides is 1. The largest absolute Gasteiger partial charge is 0.416 e. The van der Waals surface area contributed by atoms with Crippen molar-refractivity contribution in [3.63, 3.8) is 0 Å². The molecule has 0 radical (unpaired) electrons. The molecular formula is C23H24F3N3O2. The minimum atomic E-state index is -4.47. The highest BCUT2D eigenvalue weighted by Crippen LogP contribution is 2.34. The Balaban J connectivity index is 1.74. The van der Waals surface area contributed by atoms with Crippen molar-refractivity contribution in [3.8, 4) is 11.3 Å². The predicted octanol–water partition coefficient (Wildman–Crippen LogP) is 5.73. The number of fused-ring (bicyclic) bond motifs is 1. The number of hydrogen-bond acceptors (Lipinski definition) is 4. The van der Waals surface area contributed by atoms with Gasteiger partial charge in [-0.1, -0.05) is 31.1 Å². The average molecular weight is 431 g/mol. The Morgan fingerprint density at radius 3 is 2.77 bits per heavy atom. The van der Waals surface area contributed by atoms with Gasteiger partial charge in [0.1, 0.15) is 0 Å². The smallest absolute Gasteiger partial charge is 0.338 e. The van der Waals surface area contributed by atoms with E-state index in [-0.39, 0.29) is 22.9 Å². The van der Waals surface area contributed by atoms with Crippen LogP contribution in [0.4, 0.5) is 13.2 Å². The Morgan fingerprint density at radius 1 is 1.29 bits per heavy atom. The number of rotatable bonds is 4. The van der Waals surface area contributed by atoms with Crippen molar-refractivity contribution in [2.75, 3.05) is 13.1 Å². The second-order valence-electron chi connectivity index (χ2n) is 8.62. The minimum absolute atomic E-state index is 0.147. The van der Waals surface area contributed by atoms with Crippen LogP contribution in [-0.2, 0) is 6.18 Å². The molecule has 1 aliphatic heterocycles. The van der Waals surface area contributed by atoms with Crippen LogP contribution in [0.1, 0.15) is 48.3 Å². The lowest BCUT2D eigenvalue weighted by atomic mass is 9.97. The van der Waals surface area contributed by atoms with E-state index in [9.17, 15) is 18.0 Å². The molecule has 31 heavy (non-hydrogen) atoms. The van der Waals surface area contributed by atoms with Crippen LogP contribution in [0, 0.1) is 18.8 Å². The van der Waals surface area contributed by atoms with Gasteiger partial charge in [0.25, 0.3) is 11.6 Å². The number of aryl methyl sites for hydroxylation is 1. The first-order valence-electron chi connectivity index (χ1n) is 10.4. The third-order valence-electron chi connectivity index (χ3n) is 5.71. The lowest BCUT2D eigenvalue weighted by molar-refractivity contribution is -0.137. The molecule has 1 unspecified atom stereocenters. The quantitative estimate of drug-likeness (QED) is 0.530. The second kappa shape index (κ2) is 7.98. The number of carbonyl (C=O) groups is 1. The Hall–Kier alpha value is -2.90. The molecule has 0 spiro atoms. The molecular weight excluding hydrogens is 407 g/mol. The summed E-state index contributed by atoms with van der Waals surface area (Å²) >= 11 is 0. The highest BCUT2D eigenvalue weighted by Gasteiger charge is 2.32. The fourth-order valence-corrected chi connectivity index (χ4v) is 4.31. The zero-order chi connectivity index (χ0) is 22.3. The number of pyridine rings is 1. The third-order valence-corrected chi connectivity index (χ3v) is 5.71. The van der Waals surface area contributed by atoms with E-state index in [0.717, 1.165) is 25.0 Å². The average Bonchev–Trinajstić information content (AvgIpc) is 3.32. The first-order chi connectivity index (χ1) is 14.6. The van der Waals surface area contributed by atoms with E-state index in [0.29, 0.717) is 41.6 Å². The van der Waals surface area contributed by atoms with E-state index in [1.807, 2.05) is 4.90 Å². The highest BCUT2D eigenvalue weighted by molar-refractivity contribution is 6.07. The molecule has 4 rings (SSSR count). The van der Waals surface area contributed by atoms with Crippen molar-refractivity contribution in [2.45, 2.75) is 39.8 Å². The molecule has 5 nitrogen and oxygen atoms in total. The van der Waals surface area contributed by atoms with Crippen molar-refractivity contribution in [1.29, 1.82) is 0 Å². The molecule has 164 valence electrons. The van der Waals surface area contributed by atoms with E-state index in [1.54, 1.807) is 13.0 Å². The van der Waals surface area contributed by atoms with Gasteiger partial charge in [0.2, 0.25) is 0 Å². The summed E-state index contributed by atoms with van der Waals surface area (Å²) in [6.07, 6.45) is -2.47. The molecule has 3 heterocycles. The molecule has 1 saturated heterocycles. The monoisotopic (exact) mass is 431 g/mol. The molecule has 1 aromatic carbocycles. The number of likely N-dealkylation sites (tertiary alicyclic amines) is 1. The topological polar surface area (TPSA) is 59.2 Å². The lowest BCUT2D eigenvalue weighted by Crippen LogP contribution is -2.29. The fraction of sp³-hybridized carbons (Fsp3) is 0.435. The Morgan fingerprint density at radius 2 is 2.06 bits per heavy atom. The molecule has 0 N–H and O–H groups in total. The normalized spacial score (nSPS) is 17.1.